The van der Waals surface area contributed by atoms with E-state index in [0.29, 0.717) is 0 Å². The zero-order valence-electron chi connectivity index (χ0n) is 12.2. The molecular weight excluding hydrogens is 222 g/mol. The molecule has 3 nitrogen and oxygen atoms in total. The Morgan fingerprint density at radius 3 is 2.39 bits per heavy atom. The van der Waals surface area contributed by atoms with Gasteiger partial charge in [-0.05, 0) is 45.3 Å². The predicted octanol–water partition coefficient (Wildman–Crippen LogP) is 1.94. The van der Waals surface area contributed by atoms with Crippen molar-refractivity contribution < 1.29 is 0 Å². The van der Waals surface area contributed by atoms with E-state index < -0.39 is 0 Å². The van der Waals surface area contributed by atoms with Crippen LogP contribution in [0.3, 0.4) is 0 Å². The lowest BCUT2D eigenvalue weighted by molar-refractivity contribution is 0.0969. The number of nitrogens with one attached hydrogen (secondary N) is 1. The fourth-order valence-corrected chi connectivity index (χ4v) is 3.38. The third-order valence-electron chi connectivity index (χ3n) is 4.58. The molecule has 0 spiro atoms. The Hall–Kier alpha value is -0.120. The van der Waals surface area contributed by atoms with Gasteiger partial charge >= 0.3 is 0 Å². The molecule has 0 radical (unpaired) electrons. The van der Waals surface area contributed by atoms with Gasteiger partial charge in [-0.1, -0.05) is 19.8 Å². The largest absolute Gasteiger partial charge is 0.317 e. The second-order valence-corrected chi connectivity index (χ2v) is 5.88. The van der Waals surface area contributed by atoms with E-state index in [-0.39, 0.29) is 0 Å². The Bertz CT molecular complexity index is 206. The molecule has 2 rings (SSSR count). The van der Waals surface area contributed by atoms with Crippen molar-refractivity contribution in [2.75, 3.05) is 45.8 Å². The molecule has 2 fully saturated rings. The molecule has 1 aliphatic carbocycles. The second-order valence-electron chi connectivity index (χ2n) is 5.88. The molecule has 3 heteroatoms. The zero-order chi connectivity index (χ0) is 12.6. The van der Waals surface area contributed by atoms with Gasteiger partial charge in [0.2, 0.25) is 0 Å². The van der Waals surface area contributed by atoms with E-state index in [2.05, 4.69) is 22.0 Å². The van der Waals surface area contributed by atoms with Crippen molar-refractivity contribution in [1.29, 1.82) is 0 Å². The fraction of sp³-hybridized carbons (Fsp3) is 1.00. The van der Waals surface area contributed by atoms with Crippen LogP contribution in [0.5, 0.6) is 0 Å². The molecule has 0 bridgehead atoms. The van der Waals surface area contributed by atoms with Crippen LogP contribution < -0.4 is 5.32 Å². The summed E-state index contributed by atoms with van der Waals surface area (Å²) in [6.45, 7) is 11.0. The van der Waals surface area contributed by atoms with Crippen molar-refractivity contribution in [3.8, 4) is 0 Å². The Morgan fingerprint density at radius 1 is 1.00 bits per heavy atom. The molecule has 0 aromatic rings. The Kier molecular flexibility index (Phi) is 6.46. The van der Waals surface area contributed by atoms with E-state index in [1.54, 1.807) is 0 Å². The third-order valence-corrected chi connectivity index (χ3v) is 4.58. The molecule has 1 heterocycles. The summed E-state index contributed by atoms with van der Waals surface area (Å²) >= 11 is 0. The highest BCUT2D eigenvalue weighted by molar-refractivity contribution is 4.81. The minimum atomic E-state index is 0.931. The van der Waals surface area contributed by atoms with E-state index in [0.717, 1.165) is 12.6 Å². The van der Waals surface area contributed by atoms with Crippen LogP contribution in [0.2, 0.25) is 0 Å². The molecule has 1 aliphatic heterocycles. The zero-order valence-corrected chi connectivity index (χ0v) is 12.2. The van der Waals surface area contributed by atoms with E-state index >= 15 is 0 Å². The quantitative estimate of drug-likeness (QED) is 0.700. The van der Waals surface area contributed by atoms with E-state index in [4.69, 9.17) is 0 Å². The molecule has 0 unspecified atom stereocenters. The molecule has 1 saturated carbocycles. The van der Waals surface area contributed by atoms with Gasteiger partial charge in [0, 0.05) is 32.2 Å². The molecule has 0 atom stereocenters. The molecule has 0 amide bonds. The topological polar surface area (TPSA) is 18.5 Å². The van der Waals surface area contributed by atoms with E-state index in [1.165, 1.54) is 77.8 Å². The summed E-state index contributed by atoms with van der Waals surface area (Å²) in [6, 6.07) is 0.931. The summed E-state index contributed by atoms with van der Waals surface area (Å²) in [4.78, 5) is 5.42. The summed E-state index contributed by atoms with van der Waals surface area (Å²) in [5.41, 5.74) is 0. The lowest BCUT2D eigenvalue weighted by Crippen LogP contribution is -2.49. The van der Waals surface area contributed by atoms with Gasteiger partial charge in [-0.25, -0.2) is 0 Å². The van der Waals surface area contributed by atoms with Gasteiger partial charge in [-0.15, -0.1) is 0 Å². The highest BCUT2D eigenvalue weighted by atomic mass is 15.3. The number of rotatable bonds is 7. The van der Waals surface area contributed by atoms with Crippen molar-refractivity contribution in [3.63, 3.8) is 0 Å². The highest BCUT2D eigenvalue weighted by Gasteiger charge is 2.25. The normalized spacial score (nSPS) is 23.8. The first-order valence-electron chi connectivity index (χ1n) is 8.07. The number of piperazine rings is 1. The maximum Gasteiger partial charge on any atom is 0.0113 e. The van der Waals surface area contributed by atoms with Crippen LogP contribution in [0.15, 0.2) is 0 Å². The smallest absolute Gasteiger partial charge is 0.0113 e. The SMILES string of the molecule is CCNCCCCN1CCN(C2CCCC2)CC1. The summed E-state index contributed by atoms with van der Waals surface area (Å²) < 4.78 is 0. The van der Waals surface area contributed by atoms with Gasteiger partial charge < -0.3 is 10.2 Å². The number of unbranched alkanes of at least 4 members (excludes halogenated alkanes) is 1. The van der Waals surface area contributed by atoms with Crippen LogP contribution >= 0.6 is 0 Å². The molecule has 0 aromatic heterocycles. The van der Waals surface area contributed by atoms with E-state index in [9.17, 15) is 0 Å². The molecule has 18 heavy (non-hydrogen) atoms. The number of hydrogen-bond donors (Lipinski definition) is 1. The summed E-state index contributed by atoms with van der Waals surface area (Å²) in [7, 11) is 0. The monoisotopic (exact) mass is 253 g/mol. The molecule has 2 aliphatic rings. The second kappa shape index (κ2) is 8.13. The summed E-state index contributed by atoms with van der Waals surface area (Å²) in [6.07, 6.45) is 8.54. The van der Waals surface area contributed by atoms with Crippen molar-refractivity contribution in [2.24, 2.45) is 0 Å². The summed E-state index contributed by atoms with van der Waals surface area (Å²) in [5, 5.41) is 3.40. The Morgan fingerprint density at radius 2 is 1.72 bits per heavy atom. The standard InChI is InChI=1S/C15H31N3/c1-2-16-9-5-6-10-17-11-13-18(14-12-17)15-7-3-4-8-15/h15-16H,2-14H2,1H3. The molecule has 1 N–H and O–H groups in total. The van der Waals surface area contributed by atoms with E-state index in [1.807, 2.05) is 0 Å². The fourth-order valence-electron chi connectivity index (χ4n) is 3.38. The van der Waals surface area contributed by atoms with Gasteiger partial charge in [-0.3, -0.25) is 4.90 Å². The number of nitrogens with zero attached hydrogens (tertiary/aromatic N) is 2. The minimum Gasteiger partial charge on any atom is -0.317 e. The lowest BCUT2D eigenvalue weighted by atomic mass is 10.1. The van der Waals surface area contributed by atoms with Crippen LogP contribution in [0.1, 0.15) is 45.4 Å². The van der Waals surface area contributed by atoms with Crippen molar-refractivity contribution in [3.05, 3.63) is 0 Å². The Labute approximate surface area is 113 Å². The predicted molar refractivity (Wildman–Crippen MR) is 78.0 cm³/mol. The van der Waals surface area contributed by atoms with Crippen molar-refractivity contribution >= 4 is 0 Å². The third kappa shape index (κ3) is 4.52. The molecule has 106 valence electrons. The average Bonchev–Trinajstić information content (AvgIpc) is 2.93. The van der Waals surface area contributed by atoms with Gasteiger partial charge in [0.1, 0.15) is 0 Å². The number of hydrogen-bond acceptors (Lipinski definition) is 3. The lowest BCUT2D eigenvalue weighted by Gasteiger charge is -2.38. The molecular formula is C15H31N3. The molecule has 1 saturated heterocycles. The maximum atomic E-state index is 3.40. The van der Waals surface area contributed by atoms with Crippen LogP contribution in [-0.2, 0) is 0 Å². The van der Waals surface area contributed by atoms with Gasteiger partial charge in [0.25, 0.3) is 0 Å². The van der Waals surface area contributed by atoms with Crippen LogP contribution in [0, 0.1) is 0 Å². The maximum absolute atomic E-state index is 3.40. The first-order chi connectivity index (χ1) is 8.90. The first kappa shape index (κ1) is 14.3. The molecule has 0 aromatic carbocycles. The van der Waals surface area contributed by atoms with Gasteiger partial charge in [-0.2, -0.15) is 0 Å². The Balaban J connectivity index is 1.53. The van der Waals surface area contributed by atoms with Gasteiger partial charge in [0.15, 0.2) is 0 Å². The van der Waals surface area contributed by atoms with Crippen LogP contribution in [0.25, 0.3) is 0 Å². The van der Waals surface area contributed by atoms with Crippen molar-refractivity contribution in [2.45, 2.75) is 51.5 Å². The minimum absolute atomic E-state index is 0.931. The summed E-state index contributed by atoms with van der Waals surface area (Å²) in [5.74, 6) is 0. The van der Waals surface area contributed by atoms with Crippen molar-refractivity contribution in [1.82, 2.24) is 15.1 Å². The van der Waals surface area contributed by atoms with Crippen LogP contribution in [0.4, 0.5) is 0 Å². The highest BCUT2D eigenvalue weighted by Crippen LogP contribution is 2.24. The van der Waals surface area contributed by atoms with Crippen LogP contribution in [-0.4, -0.2) is 61.7 Å². The van der Waals surface area contributed by atoms with Gasteiger partial charge in [0.05, 0.1) is 0 Å². The average molecular weight is 253 g/mol. The first-order valence-corrected chi connectivity index (χ1v) is 8.07.